The Hall–Kier alpha value is -2.15. The van der Waals surface area contributed by atoms with Crippen molar-refractivity contribution < 1.29 is 0 Å². The SMILES string of the molecule is N#Cc1ccc(NC(=S)NN)cc1C#N. The topological polar surface area (TPSA) is 97.7 Å². The molecule has 0 aliphatic carbocycles. The molecule has 0 aliphatic heterocycles. The van der Waals surface area contributed by atoms with Gasteiger partial charge in [-0.1, -0.05) is 0 Å². The first-order chi connectivity index (χ1) is 7.21. The number of benzene rings is 1. The lowest BCUT2D eigenvalue weighted by Gasteiger charge is -2.06. The summed E-state index contributed by atoms with van der Waals surface area (Å²) in [5, 5.41) is 20.4. The van der Waals surface area contributed by atoms with Crippen LogP contribution in [0.25, 0.3) is 0 Å². The third-order valence-electron chi connectivity index (χ3n) is 1.65. The summed E-state index contributed by atoms with van der Waals surface area (Å²) >= 11 is 4.78. The van der Waals surface area contributed by atoms with Gasteiger partial charge in [0.2, 0.25) is 0 Å². The largest absolute Gasteiger partial charge is 0.332 e. The van der Waals surface area contributed by atoms with E-state index in [4.69, 9.17) is 28.6 Å². The molecule has 6 heteroatoms. The van der Waals surface area contributed by atoms with Crippen LogP contribution in [0, 0.1) is 22.7 Å². The van der Waals surface area contributed by atoms with Gasteiger partial charge in [-0.2, -0.15) is 10.5 Å². The number of hydrogen-bond acceptors (Lipinski definition) is 4. The molecule has 15 heavy (non-hydrogen) atoms. The van der Waals surface area contributed by atoms with Gasteiger partial charge in [0.25, 0.3) is 0 Å². The molecule has 1 aromatic rings. The van der Waals surface area contributed by atoms with Gasteiger partial charge in [-0.25, -0.2) is 5.84 Å². The van der Waals surface area contributed by atoms with Crippen LogP contribution in [0.3, 0.4) is 0 Å². The Balaban J connectivity index is 3.01. The van der Waals surface area contributed by atoms with Gasteiger partial charge < -0.3 is 10.7 Å². The van der Waals surface area contributed by atoms with E-state index in [0.717, 1.165) is 0 Å². The van der Waals surface area contributed by atoms with Crippen LogP contribution >= 0.6 is 12.2 Å². The lowest BCUT2D eigenvalue weighted by atomic mass is 10.1. The van der Waals surface area contributed by atoms with Crippen molar-refractivity contribution >= 4 is 23.0 Å². The van der Waals surface area contributed by atoms with Crippen molar-refractivity contribution in [1.29, 1.82) is 10.5 Å². The summed E-state index contributed by atoms with van der Waals surface area (Å²) in [6.07, 6.45) is 0. The molecule has 0 radical (unpaired) electrons. The molecule has 0 amide bonds. The van der Waals surface area contributed by atoms with Crippen LogP contribution in [0.1, 0.15) is 11.1 Å². The fourth-order valence-corrected chi connectivity index (χ4v) is 1.10. The quantitative estimate of drug-likeness (QED) is 0.362. The fourth-order valence-electron chi connectivity index (χ4n) is 0.979. The highest BCUT2D eigenvalue weighted by Crippen LogP contribution is 2.14. The molecule has 0 heterocycles. The van der Waals surface area contributed by atoms with E-state index in [-0.39, 0.29) is 5.11 Å². The van der Waals surface area contributed by atoms with Crippen LogP contribution < -0.4 is 16.6 Å². The molecule has 0 bridgehead atoms. The number of anilines is 1. The number of thiocarbonyl (C=S) groups is 1. The van der Waals surface area contributed by atoms with E-state index < -0.39 is 0 Å². The fraction of sp³-hybridized carbons (Fsp3) is 0. The number of nitrogens with zero attached hydrogens (tertiary/aromatic N) is 2. The van der Waals surface area contributed by atoms with Gasteiger partial charge in [0.1, 0.15) is 12.1 Å². The molecule has 74 valence electrons. The van der Waals surface area contributed by atoms with Gasteiger partial charge in [0.05, 0.1) is 11.1 Å². The zero-order chi connectivity index (χ0) is 11.3. The minimum atomic E-state index is 0.239. The van der Waals surface area contributed by atoms with Gasteiger partial charge in [-0.05, 0) is 30.4 Å². The van der Waals surface area contributed by atoms with Crippen LogP contribution in [0.5, 0.6) is 0 Å². The highest BCUT2D eigenvalue weighted by atomic mass is 32.1. The second-order valence-corrected chi connectivity index (χ2v) is 2.99. The predicted octanol–water partition coefficient (Wildman–Crippen LogP) is 0.590. The third kappa shape index (κ3) is 2.64. The second kappa shape index (κ2) is 4.91. The van der Waals surface area contributed by atoms with Crippen LogP contribution in [-0.2, 0) is 0 Å². The molecular weight excluding hydrogens is 210 g/mol. The standard InChI is InChI=1S/C9H7N5S/c10-4-6-1-2-8(3-7(6)5-11)13-9(15)14-12/h1-3H,12H2,(H2,13,14,15). The molecule has 1 aromatic carbocycles. The van der Waals surface area contributed by atoms with Crippen molar-refractivity contribution in [1.82, 2.24) is 5.43 Å². The Labute approximate surface area is 92.1 Å². The van der Waals surface area contributed by atoms with E-state index in [1.54, 1.807) is 12.1 Å². The first kappa shape index (κ1) is 10.9. The van der Waals surface area contributed by atoms with E-state index in [0.29, 0.717) is 16.8 Å². The number of hydrazine groups is 1. The third-order valence-corrected chi connectivity index (χ3v) is 1.87. The smallest absolute Gasteiger partial charge is 0.185 e. The van der Waals surface area contributed by atoms with Crippen LogP contribution in [0.2, 0.25) is 0 Å². The van der Waals surface area contributed by atoms with E-state index in [9.17, 15) is 0 Å². The van der Waals surface area contributed by atoms with Gasteiger partial charge in [0, 0.05) is 5.69 Å². The maximum absolute atomic E-state index is 8.76. The number of nitrogens with two attached hydrogens (primary N) is 1. The van der Waals surface area contributed by atoms with Crippen molar-refractivity contribution in [2.24, 2.45) is 5.84 Å². The molecule has 1 rings (SSSR count). The molecule has 0 aliphatic rings. The average Bonchev–Trinajstić information content (AvgIpc) is 2.28. The zero-order valence-electron chi connectivity index (χ0n) is 7.61. The first-order valence-electron chi connectivity index (χ1n) is 3.93. The Morgan fingerprint density at radius 2 is 1.93 bits per heavy atom. The molecule has 0 fully saturated rings. The molecule has 0 aromatic heterocycles. The number of nitriles is 2. The summed E-state index contributed by atoms with van der Waals surface area (Å²) in [7, 11) is 0. The summed E-state index contributed by atoms with van der Waals surface area (Å²) in [4.78, 5) is 0. The Kier molecular flexibility index (Phi) is 3.58. The molecule has 0 atom stereocenters. The molecule has 4 N–H and O–H groups in total. The monoisotopic (exact) mass is 217 g/mol. The summed E-state index contributed by atoms with van der Waals surface area (Å²) in [6, 6.07) is 8.55. The van der Waals surface area contributed by atoms with E-state index in [1.807, 2.05) is 12.1 Å². The van der Waals surface area contributed by atoms with Gasteiger partial charge in [-0.15, -0.1) is 0 Å². The van der Waals surface area contributed by atoms with Crippen molar-refractivity contribution in [3.63, 3.8) is 0 Å². The number of rotatable bonds is 1. The van der Waals surface area contributed by atoms with Gasteiger partial charge in [0.15, 0.2) is 5.11 Å². The normalized spacial score (nSPS) is 8.47. The molecule has 0 saturated carbocycles. The van der Waals surface area contributed by atoms with Gasteiger partial charge >= 0.3 is 0 Å². The highest BCUT2D eigenvalue weighted by Gasteiger charge is 2.03. The number of nitrogens with one attached hydrogen (secondary N) is 2. The van der Waals surface area contributed by atoms with Crippen LogP contribution in [0.15, 0.2) is 18.2 Å². The summed E-state index contributed by atoms with van der Waals surface area (Å²) < 4.78 is 0. The summed E-state index contributed by atoms with van der Waals surface area (Å²) in [5.74, 6) is 5.08. The zero-order valence-corrected chi connectivity index (χ0v) is 8.43. The summed E-state index contributed by atoms with van der Waals surface area (Å²) in [5.41, 5.74) is 3.48. The maximum atomic E-state index is 8.76. The van der Waals surface area contributed by atoms with Crippen molar-refractivity contribution in [3.05, 3.63) is 29.3 Å². The first-order valence-corrected chi connectivity index (χ1v) is 4.34. The summed E-state index contributed by atoms with van der Waals surface area (Å²) in [6.45, 7) is 0. The lowest BCUT2D eigenvalue weighted by Crippen LogP contribution is -2.34. The van der Waals surface area contributed by atoms with E-state index in [2.05, 4.69) is 10.7 Å². The Morgan fingerprint density at radius 1 is 1.27 bits per heavy atom. The maximum Gasteiger partial charge on any atom is 0.185 e. The van der Waals surface area contributed by atoms with Gasteiger partial charge in [-0.3, -0.25) is 0 Å². The van der Waals surface area contributed by atoms with Crippen LogP contribution in [0.4, 0.5) is 5.69 Å². The van der Waals surface area contributed by atoms with Crippen molar-refractivity contribution in [3.8, 4) is 12.1 Å². The molecular formula is C9H7N5S. The molecule has 0 spiro atoms. The molecule has 5 nitrogen and oxygen atoms in total. The Morgan fingerprint density at radius 3 is 2.47 bits per heavy atom. The van der Waals surface area contributed by atoms with E-state index >= 15 is 0 Å². The minimum Gasteiger partial charge on any atom is -0.332 e. The lowest BCUT2D eigenvalue weighted by molar-refractivity contribution is 1.04. The molecule has 0 saturated heterocycles. The predicted molar refractivity (Wildman–Crippen MR) is 59.4 cm³/mol. The van der Waals surface area contributed by atoms with Crippen LogP contribution in [-0.4, -0.2) is 5.11 Å². The van der Waals surface area contributed by atoms with E-state index in [1.165, 1.54) is 6.07 Å². The molecule has 0 unspecified atom stereocenters. The minimum absolute atomic E-state index is 0.239. The number of hydrogen-bond donors (Lipinski definition) is 3. The van der Waals surface area contributed by atoms with Crippen molar-refractivity contribution in [2.75, 3.05) is 5.32 Å². The average molecular weight is 217 g/mol. The highest BCUT2D eigenvalue weighted by molar-refractivity contribution is 7.80. The second-order valence-electron chi connectivity index (χ2n) is 2.58. The van der Waals surface area contributed by atoms with Crippen molar-refractivity contribution in [2.45, 2.75) is 0 Å². The Bertz CT molecular complexity index is 468.